The van der Waals surface area contributed by atoms with Crippen LogP contribution in [0, 0.1) is 24.2 Å². The van der Waals surface area contributed by atoms with E-state index in [1.807, 2.05) is 13.8 Å². The molecule has 0 aromatic carbocycles. The van der Waals surface area contributed by atoms with Crippen LogP contribution in [0.15, 0.2) is 29.3 Å². The highest BCUT2D eigenvalue weighted by molar-refractivity contribution is 8.12. The van der Waals surface area contributed by atoms with Gasteiger partial charge in [-0.05, 0) is 69.4 Å². The van der Waals surface area contributed by atoms with Gasteiger partial charge in [0.25, 0.3) is 0 Å². The van der Waals surface area contributed by atoms with E-state index in [4.69, 9.17) is 5.11 Å². The lowest BCUT2D eigenvalue weighted by Crippen LogP contribution is -2.41. The highest BCUT2D eigenvalue weighted by Gasteiger charge is 2.40. The van der Waals surface area contributed by atoms with E-state index >= 15 is 0 Å². The van der Waals surface area contributed by atoms with E-state index in [1.165, 1.54) is 25.7 Å². The van der Waals surface area contributed by atoms with Gasteiger partial charge in [0.15, 0.2) is 0 Å². The average molecular weight is 557 g/mol. The lowest BCUT2D eigenvalue weighted by atomic mass is 9.61. The molecule has 1 aliphatic carbocycles. The van der Waals surface area contributed by atoms with Crippen LogP contribution >= 0.6 is 11.8 Å². The second-order valence-corrected chi connectivity index (χ2v) is 11.2. The van der Waals surface area contributed by atoms with E-state index < -0.39 is 17.7 Å². The summed E-state index contributed by atoms with van der Waals surface area (Å²) in [6.07, 6.45) is 4.24. The van der Waals surface area contributed by atoms with Crippen LogP contribution in [0.5, 0.6) is 0 Å². The molecule has 1 aromatic heterocycles. The number of hydrogen-bond donors (Lipinski definition) is 3. The first-order valence-corrected chi connectivity index (χ1v) is 14.5. The predicted molar refractivity (Wildman–Crippen MR) is 150 cm³/mol. The number of carboxylic acid groups (broad SMARTS) is 1. The Kier molecular flexibility index (Phi) is 12.6. The summed E-state index contributed by atoms with van der Waals surface area (Å²) >= 11 is 1.55. The van der Waals surface area contributed by atoms with Crippen molar-refractivity contribution in [1.29, 1.82) is 0 Å². The van der Waals surface area contributed by atoms with Gasteiger partial charge in [0.1, 0.15) is 5.82 Å². The topological polar surface area (TPSA) is 90.4 Å². The Morgan fingerprint density at radius 2 is 1.97 bits per heavy atom. The number of aryl methyl sites for hydroxylation is 1. The molecule has 3 atom stereocenters. The van der Waals surface area contributed by atoms with Gasteiger partial charge in [-0.2, -0.15) is 13.2 Å². The van der Waals surface area contributed by atoms with Crippen LogP contribution < -0.4 is 5.32 Å². The van der Waals surface area contributed by atoms with Crippen molar-refractivity contribution in [3.8, 4) is 0 Å². The number of aliphatic carboxylic acids is 1. The van der Waals surface area contributed by atoms with Crippen LogP contribution in [-0.4, -0.2) is 52.4 Å². The number of aromatic nitrogens is 2. The third kappa shape index (κ3) is 9.29. The normalized spacial score (nSPS) is 24.7. The number of nitrogens with zero attached hydrogens (tertiary/aromatic N) is 2. The number of halogens is 3. The molecule has 1 aromatic rings. The summed E-state index contributed by atoms with van der Waals surface area (Å²) in [5.74, 6) is 1.14. The number of rotatable bonds is 6. The lowest BCUT2D eigenvalue weighted by molar-refractivity contribution is -0.139. The molecule has 1 saturated carbocycles. The van der Waals surface area contributed by atoms with E-state index in [0.29, 0.717) is 35.9 Å². The van der Waals surface area contributed by atoms with Crippen LogP contribution in [0.3, 0.4) is 0 Å². The van der Waals surface area contributed by atoms with Gasteiger partial charge in [-0.25, -0.2) is 4.98 Å². The smallest absolute Gasteiger partial charge is 0.416 e. The number of aromatic amines is 1. The van der Waals surface area contributed by atoms with Gasteiger partial charge in [-0.3, -0.25) is 9.79 Å². The quantitative estimate of drug-likeness (QED) is 0.327. The summed E-state index contributed by atoms with van der Waals surface area (Å²) in [5.41, 5.74) is 2.98. The van der Waals surface area contributed by atoms with Gasteiger partial charge in [0, 0.05) is 18.5 Å². The van der Waals surface area contributed by atoms with Crippen molar-refractivity contribution in [2.24, 2.45) is 22.2 Å². The number of imidazole rings is 1. The largest absolute Gasteiger partial charge is 0.481 e. The number of alkyl halides is 3. The Bertz CT molecular complexity index is 960. The number of carbonyl (C=O) groups is 1. The number of piperidine rings is 1. The van der Waals surface area contributed by atoms with Crippen LogP contribution in [0.4, 0.5) is 13.2 Å². The maximum absolute atomic E-state index is 12.6. The van der Waals surface area contributed by atoms with Crippen molar-refractivity contribution < 1.29 is 23.1 Å². The molecule has 1 saturated heterocycles. The number of H-pyrrole nitrogens is 1. The minimum Gasteiger partial charge on any atom is -0.481 e. The zero-order chi connectivity index (χ0) is 28.3. The molecule has 1 spiro atoms. The number of thioether (sulfide) groups is 1. The Balaban J connectivity index is 0.000000256. The lowest BCUT2D eigenvalue weighted by Gasteiger charge is -2.46. The van der Waals surface area contributed by atoms with E-state index in [-0.39, 0.29) is 11.7 Å². The fourth-order valence-corrected chi connectivity index (χ4v) is 6.24. The van der Waals surface area contributed by atoms with Gasteiger partial charge in [0.05, 0.1) is 28.6 Å². The van der Waals surface area contributed by atoms with Gasteiger partial charge in [-0.1, -0.05) is 39.5 Å². The first kappa shape index (κ1) is 32.1. The average Bonchev–Trinajstić information content (AvgIpc) is 3.53. The molecule has 2 fully saturated rings. The Morgan fingerprint density at radius 1 is 1.29 bits per heavy atom. The molecule has 2 aliphatic heterocycles. The molecule has 3 unspecified atom stereocenters. The second kappa shape index (κ2) is 14.9. The monoisotopic (exact) mass is 556 g/mol. The molecule has 3 N–H and O–H groups in total. The van der Waals surface area contributed by atoms with Crippen molar-refractivity contribution in [2.45, 2.75) is 84.1 Å². The molecule has 6 nitrogen and oxygen atoms in total. The molecule has 38 heavy (non-hydrogen) atoms. The Hall–Kier alpha value is -2.07. The standard InChI is InChI=1S/C13H14F3N3S.C13H23NO2.C2H6/c1-3-9(13(14,15)16)4-5-10-8(2)18-12(19-10)11-6-17-7-20-11;1-10-9-13(4-6-14-7-5-13)3-2-11(10)8-12(15)16;1-2/h3-4,7,11H,1,5-6H2,2H3,(H,18,19);10-11,14H,2-9H2,1H3,(H,15,16);1-2H3/b9-4+;;. The minimum absolute atomic E-state index is 0.126. The molecule has 0 radical (unpaired) electrons. The van der Waals surface area contributed by atoms with Gasteiger partial charge in [0.2, 0.25) is 0 Å². The Labute approximate surface area is 229 Å². The molecule has 0 amide bonds. The van der Waals surface area contributed by atoms with E-state index in [2.05, 4.69) is 33.8 Å². The van der Waals surface area contributed by atoms with Crippen molar-refractivity contribution >= 4 is 23.3 Å². The SMILES string of the molecule is C=C/C(=C\Cc1nc(C2CN=CS2)[nH]c1C)C(F)(F)F.CC.CC1CC2(CCNCC2)CCC1CC(=O)O. The van der Waals surface area contributed by atoms with E-state index in [9.17, 15) is 18.0 Å². The van der Waals surface area contributed by atoms with E-state index in [0.717, 1.165) is 43.2 Å². The third-order valence-electron chi connectivity index (χ3n) is 7.65. The van der Waals surface area contributed by atoms with Crippen LogP contribution in [0.1, 0.15) is 81.8 Å². The summed E-state index contributed by atoms with van der Waals surface area (Å²) in [6, 6.07) is 0. The zero-order valence-corrected chi connectivity index (χ0v) is 23.9. The molecular weight excluding hydrogens is 513 g/mol. The summed E-state index contributed by atoms with van der Waals surface area (Å²) in [7, 11) is 0. The number of allylic oxidation sites excluding steroid dienone is 3. The first-order valence-electron chi connectivity index (χ1n) is 13.5. The fraction of sp³-hybridized carbons (Fsp3) is 0.679. The molecule has 10 heteroatoms. The fourth-order valence-electron chi connectivity index (χ4n) is 5.51. The van der Waals surface area contributed by atoms with Crippen molar-refractivity contribution in [2.75, 3.05) is 19.6 Å². The maximum Gasteiger partial charge on any atom is 0.416 e. The zero-order valence-electron chi connectivity index (χ0n) is 23.0. The summed E-state index contributed by atoms with van der Waals surface area (Å²) in [5, 5.41) is 12.4. The van der Waals surface area contributed by atoms with E-state index in [1.54, 1.807) is 24.2 Å². The maximum atomic E-state index is 12.6. The first-order chi connectivity index (χ1) is 18.0. The number of nitrogens with one attached hydrogen (secondary N) is 2. The highest BCUT2D eigenvalue weighted by atomic mass is 32.2. The molecule has 0 bridgehead atoms. The van der Waals surface area contributed by atoms with Gasteiger partial charge >= 0.3 is 12.1 Å². The summed E-state index contributed by atoms with van der Waals surface area (Å²) in [4.78, 5) is 22.4. The second-order valence-electron chi connectivity index (χ2n) is 10.2. The predicted octanol–water partition coefficient (Wildman–Crippen LogP) is 7.04. The molecule has 3 aliphatic rings. The highest BCUT2D eigenvalue weighted by Crippen LogP contribution is 2.48. The van der Waals surface area contributed by atoms with Gasteiger partial charge in [-0.15, -0.1) is 11.8 Å². The summed E-state index contributed by atoms with van der Waals surface area (Å²) in [6.45, 7) is 14.2. The number of aliphatic imine (C=N–C) groups is 1. The van der Waals surface area contributed by atoms with Crippen molar-refractivity contribution in [1.82, 2.24) is 15.3 Å². The van der Waals surface area contributed by atoms with Crippen LogP contribution in [0.25, 0.3) is 0 Å². The molecule has 4 rings (SSSR count). The van der Waals surface area contributed by atoms with Crippen molar-refractivity contribution in [3.63, 3.8) is 0 Å². The number of carboxylic acids is 1. The Morgan fingerprint density at radius 3 is 2.50 bits per heavy atom. The van der Waals surface area contributed by atoms with Crippen LogP contribution in [-0.2, 0) is 11.2 Å². The molecule has 214 valence electrons. The minimum atomic E-state index is -4.37. The number of hydrogen-bond acceptors (Lipinski definition) is 5. The van der Waals surface area contributed by atoms with Crippen molar-refractivity contribution in [3.05, 3.63) is 41.5 Å². The molecule has 3 heterocycles. The van der Waals surface area contributed by atoms with Crippen LogP contribution in [0.2, 0.25) is 0 Å². The summed E-state index contributed by atoms with van der Waals surface area (Å²) < 4.78 is 37.8. The van der Waals surface area contributed by atoms with Gasteiger partial charge < -0.3 is 15.4 Å². The third-order valence-corrected chi connectivity index (χ3v) is 8.62. The molecular formula is C28H43F3N4O2S.